The SMILES string of the molecule is CC(=O)OCc1c(C)cc(C)cc1C. The van der Waals surface area contributed by atoms with Gasteiger partial charge in [-0.3, -0.25) is 4.79 Å². The Hall–Kier alpha value is -1.31. The summed E-state index contributed by atoms with van der Waals surface area (Å²) in [4.78, 5) is 10.7. The zero-order chi connectivity index (χ0) is 10.7. The molecule has 0 bridgehead atoms. The summed E-state index contributed by atoms with van der Waals surface area (Å²) in [7, 11) is 0. The monoisotopic (exact) mass is 192 g/mol. The Balaban J connectivity index is 2.91. The highest BCUT2D eigenvalue weighted by Gasteiger charge is 2.04. The van der Waals surface area contributed by atoms with Gasteiger partial charge < -0.3 is 4.74 Å². The molecule has 0 aliphatic carbocycles. The maximum atomic E-state index is 10.7. The van der Waals surface area contributed by atoms with Crippen molar-refractivity contribution in [3.8, 4) is 0 Å². The topological polar surface area (TPSA) is 26.3 Å². The molecule has 1 aromatic carbocycles. The van der Waals surface area contributed by atoms with Gasteiger partial charge in [0.25, 0.3) is 0 Å². The largest absolute Gasteiger partial charge is 0.461 e. The molecule has 0 spiro atoms. The summed E-state index contributed by atoms with van der Waals surface area (Å²) in [5, 5.41) is 0. The van der Waals surface area contributed by atoms with E-state index in [-0.39, 0.29) is 5.97 Å². The molecule has 0 amide bonds. The van der Waals surface area contributed by atoms with E-state index in [1.807, 2.05) is 13.8 Å². The maximum absolute atomic E-state index is 10.7. The van der Waals surface area contributed by atoms with Gasteiger partial charge >= 0.3 is 5.97 Å². The number of hydrogen-bond donors (Lipinski definition) is 0. The average molecular weight is 192 g/mol. The molecule has 0 heterocycles. The Morgan fingerprint density at radius 3 is 2.14 bits per heavy atom. The van der Waals surface area contributed by atoms with Crippen molar-refractivity contribution < 1.29 is 9.53 Å². The number of hydrogen-bond acceptors (Lipinski definition) is 2. The molecule has 76 valence electrons. The quantitative estimate of drug-likeness (QED) is 0.673. The van der Waals surface area contributed by atoms with Gasteiger partial charge in [-0.15, -0.1) is 0 Å². The summed E-state index contributed by atoms with van der Waals surface area (Å²) in [5.41, 5.74) is 4.73. The Bertz CT molecular complexity index is 330. The highest BCUT2D eigenvalue weighted by molar-refractivity contribution is 5.66. The number of carbonyl (C=O) groups is 1. The molecule has 1 rings (SSSR count). The van der Waals surface area contributed by atoms with E-state index in [2.05, 4.69) is 19.1 Å². The highest BCUT2D eigenvalue weighted by Crippen LogP contribution is 2.17. The van der Waals surface area contributed by atoms with E-state index in [1.165, 1.54) is 23.6 Å². The lowest BCUT2D eigenvalue weighted by Gasteiger charge is -2.10. The van der Waals surface area contributed by atoms with Crippen LogP contribution in [-0.2, 0) is 16.1 Å². The summed E-state index contributed by atoms with van der Waals surface area (Å²) >= 11 is 0. The predicted molar refractivity (Wildman–Crippen MR) is 56.1 cm³/mol. The summed E-state index contributed by atoms with van der Waals surface area (Å²) in [6.07, 6.45) is 0. The van der Waals surface area contributed by atoms with Crippen molar-refractivity contribution in [3.05, 3.63) is 34.4 Å². The molecule has 0 N–H and O–H groups in total. The lowest BCUT2D eigenvalue weighted by atomic mass is 10.0. The van der Waals surface area contributed by atoms with E-state index in [1.54, 1.807) is 0 Å². The van der Waals surface area contributed by atoms with Gasteiger partial charge in [0, 0.05) is 6.92 Å². The Kier molecular flexibility index (Phi) is 3.28. The van der Waals surface area contributed by atoms with Crippen molar-refractivity contribution in [1.29, 1.82) is 0 Å². The first kappa shape index (κ1) is 10.8. The normalized spacial score (nSPS) is 10.0. The van der Waals surface area contributed by atoms with Crippen LogP contribution in [0.25, 0.3) is 0 Å². The number of ether oxygens (including phenoxy) is 1. The van der Waals surface area contributed by atoms with Crippen molar-refractivity contribution >= 4 is 5.97 Å². The zero-order valence-electron chi connectivity index (χ0n) is 9.18. The predicted octanol–water partition coefficient (Wildman–Crippen LogP) is 2.67. The molecule has 0 saturated carbocycles. The fourth-order valence-corrected chi connectivity index (χ4v) is 1.61. The van der Waals surface area contributed by atoms with Gasteiger partial charge in [-0.1, -0.05) is 17.7 Å². The molecule has 2 heteroatoms. The molecule has 0 aromatic heterocycles. The molecule has 0 aliphatic rings. The second kappa shape index (κ2) is 4.27. The number of rotatable bonds is 2. The minimum Gasteiger partial charge on any atom is -0.461 e. The average Bonchev–Trinajstić information content (AvgIpc) is 2.01. The van der Waals surface area contributed by atoms with Gasteiger partial charge in [-0.05, 0) is 37.5 Å². The Morgan fingerprint density at radius 2 is 1.71 bits per heavy atom. The number of benzene rings is 1. The fourth-order valence-electron chi connectivity index (χ4n) is 1.61. The van der Waals surface area contributed by atoms with Gasteiger partial charge in [0.1, 0.15) is 6.61 Å². The second-order valence-corrected chi connectivity index (χ2v) is 3.66. The first-order valence-corrected chi connectivity index (χ1v) is 4.71. The molecule has 0 fully saturated rings. The Morgan fingerprint density at radius 1 is 1.21 bits per heavy atom. The highest BCUT2D eigenvalue weighted by atomic mass is 16.5. The number of esters is 1. The third kappa shape index (κ3) is 2.59. The van der Waals surface area contributed by atoms with Crippen LogP contribution in [0.4, 0.5) is 0 Å². The van der Waals surface area contributed by atoms with E-state index >= 15 is 0 Å². The standard InChI is InChI=1S/C12H16O2/c1-8-5-9(2)12(10(3)6-8)7-14-11(4)13/h5-6H,7H2,1-4H3. The summed E-state index contributed by atoms with van der Waals surface area (Å²) < 4.78 is 4.99. The van der Waals surface area contributed by atoms with Crippen LogP contribution in [0.5, 0.6) is 0 Å². The van der Waals surface area contributed by atoms with Crippen LogP contribution in [0.1, 0.15) is 29.2 Å². The number of aryl methyl sites for hydroxylation is 3. The van der Waals surface area contributed by atoms with Gasteiger partial charge in [-0.25, -0.2) is 0 Å². The first-order valence-electron chi connectivity index (χ1n) is 4.71. The third-order valence-corrected chi connectivity index (χ3v) is 2.26. The van der Waals surface area contributed by atoms with E-state index < -0.39 is 0 Å². The van der Waals surface area contributed by atoms with E-state index in [4.69, 9.17) is 4.74 Å². The van der Waals surface area contributed by atoms with Gasteiger partial charge in [-0.2, -0.15) is 0 Å². The van der Waals surface area contributed by atoms with Crippen molar-refractivity contribution in [2.24, 2.45) is 0 Å². The molecule has 0 radical (unpaired) electrons. The molecule has 2 nitrogen and oxygen atoms in total. The lowest BCUT2D eigenvalue weighted by molar-refractivity contribution is -0.142. The van der Waals surface area contributed by atoms with E-state index in [9.17, 15) is 4.79 Å². The van der Waals surface area contributed by atoms with E-state index in [0.29, 0.717) is 6.61 Å². The van der Waals surface area contributed by atoms with Crippen molar-refractivity contribution in [2.75, 3.05) is 0 Å². The van der Waals surface area contributed by atoms with Crippen molar-refractivity contribution in [3.63, 3.8) is 0 Å². The third-order valence-electron chi connectivity index (χ3n) is 2.26. The molecule has 1 aromatic rings. The molecule has 0 unspecified atom stereocenters. The van der Waals surface area contributed by atoms with Crippen LogP contribution in [0, 0.1) is 20.8 Å². The van der Waals surface area contributed by atoms with Crippen molar-refractivity contribution in [2.45, 2.75) is 34.3 Å². The molecular weight excluding hydrogens is 176 g/mol. The minimum atomic E-state index is -0.232. The maximum Gasteiger partial charge on any atom is 0.302 e. The van der Waals surface area contributed by atoms with Crippen LogP contribution in [0.3, 0.4) is 0 Å². The molecule has 14 heavy (non-hydrogen) atoms. The van der Waals surface area contributed by atoms with Gasteiger partial charge in [0.15, 0.2) is 0 Å². The van der Waals surface area contributed by atoms with Crippen molar-refractivity contribution in [1.82, 2.24) is 0 Å². The number of carbonyl (C=O) groups excluding carboxylic acids is 1. The zero-order valence-corrected chi connectivity index (χ0v) is 9.18. The molecule has 0 atom stereocenters. The van der Waals surface area contributed by atoms with Crippen LogP contribution in [-0.4, -0.2) is 5.97 Å². The second-order valence-electron chi connectivity index (χ2n) is 3.66. The molecule has 0 saturated heterocycles. The van der Waals surface area contributed by atoms with Crippen LogP contribution in [0.15, 0.2) is 12.1 Å². The summed E-state index contributed by atoms with van der Waals surface area (Å²) in [5.74, 6) is -0.232. The Labute approximate surface area is 84.9 Å². The van der Waals surface area contributed by atoms with Crippen LogP contribution < -0.4 is 0 Å². The summed E-state index contributed by atoms with van der Waals surface area (Å²) in [6.45, 7) is 7.96. The van der Waals surface area contributed by atoms with Crippen LogP contribution in [0.2, 0.25) is 0 Å². The smallest absolute Gasteiger partial charge is 0.302 e. The summed E-state index contributed by atoms with van der Waals surface area (Å²) in [6, 6.07) is 4.21. The fraction of sp³-hybridized carbons (Fsp3) is 0.417. The van der Waals surface area contributed by atoms with Crippen LogP contribution >= 0.6 is 0 Å². The van der Waals surface area contributed by atoms with E-state index in [0.717, 1.165) is 5.56 Å². The lowest BCUT2D eigenvalue weighted by Crippen LogP contribution is -2.02. The minimum absolute atomic E-state index is 0.232. The molecular formula is C12H16O2. The van der Waals surface area contributed by atoms with Gasteiger partial charge in [0.05, 0.1) is 0 Å². The first-order chi connectivity index (χ1) is 6.50. The van der Waals surface area contributed by atoms with Gasteiger partial charge in [0.2, 0.25) is 0 Å². The molecule has 0 aliphatic heterocycles.